The van der Waals surface area contributed by atoms with Gasteiger partial charge in [-0.2, -0.15) is 0 Å². The number of carbonyl (C=O) groups excluding carboxylic acids is 1. The Morgan fingerprint density at radius 3 is 2.61 bits per heavy atom. The number of carbonyl (C=O) groups is 1. The topological polar surface area (TPSA) is 98.5 Å². The highest BCUT2D eigenvalue weighted by atomic mass is 32.2. The highest BCUT2D eigenvalue weighted by molar-refractivity contribution is 7.90. The van der Waals surface area contributed by atoms with E-state index in [4.69, 9.17) is 10.5 Å². The Hall–Kier alpha value is -0.660. The fraction of sp³-hybridized carbons (Fsp3) is 0.909. The van der Waals surface area contributed by atoms with Crippen LogP contribution in [-0.2, 0) is 19.6 Å². The van der Waals surface area contributed by atoms with Crippen LogP contribution in [0, 0.1) is 5.92 Å². The van der Waals surface area contributed by atoms with Gasteiger partial charge < -0.3 is 10.5 Å². The minimum absolute atomic E-state index is 0.231. The van der Waals surface area contributed by atoms with Crippen molar-refractivity contribution < 1.29 is 17.9 Å². The summed E-state index contributed by atoms with van der Waals surface area (Å²) in [5, 5.41) is -0.701. The predicted molar refractivity (Wildman–Crippen MR) is 68.3 cm³/mol. The standard InChI is InChI=1S/C11H22N2O4S/c1-8(7-12)13-18(15,16)10-6-4-3-5-9(10)11(14)17-2/h8-10,13H,3-7,12H2,1-2H3/t8-,9?,10?/m0/s1. The van der Waals surface area contributed by atoms with Crippen LogP contribution in [0.25, 0.3) is 0 Å². The molecule has 0 spiro atoms. The molecule has 1 aliphatic carbocycles. The van der Waals surface area contributed by atoms with Crippen LogP contribution in [0.2, 0.25) is 0 Å². The molecule has 1 aliphatic rings. The summed E-state index contributed by atoms with van der Waals surface area (Å²) < 4.78 is 31.6. The summed E-state index contributed by atoms with van der Waals surface area (Å²) in [5.41, 5.74) is 5.41. The van der Waals surface area contributed by atoms with Crippen molar-refractivity contribution in [2.45, 2.75) is 43.9 Å². The number of ether oxygens (including phenoxy) is 1. The number of esters is 1. The third kappa shape index (κ3) is 3.66. The molecule has 0 radical (unpaired) electrons. The van der Waals surface area contributed by atoms with Gasteiger partial charge in [-0.15, -0.1) is 0 Å². The second kappa shape index (κ2) is 6.49. The molecule has 0 bridgehead atoms. The second-order valence-corrected chi connectivity index (χ2v) is 6.68. The van der Waals surface area contributed by atoms with Crippen molar-refractivity contribution in [2.24, 2.45) is 11.7 Å². The molecule has 1 rings (SSSR count). The first-order chi connectivity index (χ1) is 8.42. The molecule has 0 aromatic carbocycles. The van der Waals surface area contributed by atoms with E-state index in [0.29, 0.717) is 12.8 Å². The highest BCUT2D eigenvalue weighted by Gasteiger charge is 2.40. The summed E-state index contributed by atoms with van der Waals surface area (Å²) in [6.07, 6.45) is 2.73. The van der Waals surface area contributed by atoms with Crippen LogP contribution in [0.3, 0.4) is 0 Å². The molecular weight excluding hydrogens is 256 g/mol. The molecule has 1 fully saturated rings. The fourth-order valence-corrected chi connectivity index (χ4v) is 4.29. The number of rotatable bonds is 5. The first kappa shape index (κ1) is 15.4. The second-order valence-electron chi connectivity index (χ2n) is 4.75. The maximum atomic E-state index is 12.2. The van der Waals surface area contributed by atoms with E-state index >= 15 is 0 Å². The summed E-state index contributed by atoms with van der Waals surface area (Å²) in [7, 11) is -2.24. The number of sulfonamides is 1. The van der Waals surface area contributed by atoms with Crippen molar-refractivity contribution in [3.05, 3.63) is 0 Å². The molecule has 106 valence electrons. The molecule has 3 atom stereocenters. The van der Waals surface area contributed by atoms with Crippen LogP contribution in [0.4, 0.5) is 0 Å². The number of hydrogen-bond acceptors (Lipinski definition) is 5. The zero-order valence-corrected chi connectivity index (χ0v) is 11.7. The van der Waals surface area contributed by atoms with Gasteiger partial charge in [0.05, 0.1) is 18.3 Å². The van der Waals surface area contributed by atoms with E-state index in [0.717, 1.165) is 12.8 Å². The van der Waals surface area contributed by atoms with E-state index in [9.17, 15) is 13.2 Å². The van der Waals surface area contributed by atoms with Gasteiger partial charge in [0, 0.05) is 12.6 Å². The van der Waals surface area contributed by atoms with Crippen LogP contribution in [0.15, 0.2) is 0 Å². The van der Waals surface area contributed by atoms with Crippen molar-refractivity contribution >= 4 is 16.0 Å². The number of nitrogens with two attached hydrogens (primary N) is 1. The molecule has 3 N–H and O–H groups in total. The lowest BCUT2D eigenvalue weighted by atomic mass is 9.89. The Balaban J connectivity index is 2.85. The van der Waals surface area contributed by atoms with E-state index in [1.165, 1.54) is 7.11 Å². The van der Waals surface area contributed by atoms with Gasteiger partial charge in [-0.3, -0.25) is 4.79 Å². The SMILES string of the molecule is COC(=O)C1CCCCC1S(=O)(=O)N[C@@H](C)CN. The minimum atomic E-state index is -3.53. The fourth-order valence-electron chi connectivity index (χ4n) is 2.31. The quantitative estimate of drug-likeness (QED) is 0.689. The normalized spacial score (nSPS) is 26.6. The molecule has 0 saturated heterocycles. The lowest BCUT2D eigenvalue weighted by molar-refractivity contribution is -0.146. The third-order valence-electron chi connectivity index (χ3n) is 3.32. The van der Waals surface area contributed by atoms with Gasteiger partial charge in [-0.05, 0) is 19.8 Å². The molecule has 7 heteroatoms. The molecule has 1 saturated carbocycles. The zero-order valence-electron chi connectivity index (χ0n) is 10.9. The van der Waals surface area contributed by atoms with E-state index < -0.39 is 27.2 Å². The minimum Gasteiger partial charge on any atom is -0.469 e. The molecule has 2 unspecified atom stereocenters. The molecule has 0 heterocycles. The molecule has 0 aliphatic heterocycles. The Morgan fingerprint density at radius 2 is 2.06 bits per heavy atom. The Morgan fingerprint density at radius 1 is 1.44 bits per heavy atom. The van der Waals surface area contributed by atoms with Crippen molar-refractivity contribution in [3.8, 4) is 0 Å². The summed E-state index contributed by atoms with van der Waals surface area (Å²) in [6.45, 7) is 1.93. The number of hydrogen-bond donors (Lipinski definition) is 2. The van der Waals surface area contributed by atoms with Gasteiger partial charge in [-0.25, -0.2) is 13.1 Å². The molecule has 0 amide bonds. The van der Waals surface area contributed by atoms with Crippen LogP contribution >= 0.6 is 0 Å². The third-order valence-corrected chi connectivity index (χ3v) is 5.42. The molecular formula is C11H22N2O4S. The average molecular weight is 278 g/mol. The monoisotopic (exact) mass is 278 g/mol. The van der Waals surface area contributed by atoms with Gasteiger partial charge in [0.15, 0.2) is 0 Å². The van der Waals surface area contributed by atoms with Gasteiger partial charge in [0.25, 0.3) is 0 Å². The van der Waals surface area contributed by atoms with Crippen LogP contribution in [-0.4, -0.2) is 39.3 Å². The first-order valence-electron chi connectivity index (χ1n) is 6.21. The van der Waals surface area contributed by atoms with E-state index in [-0.39, 0.29) is 12.6 Å². The molecule has 0 aromatic rings. The van der Waals surface area contributed by atoms with Gasteiger partial charge in [0.1, 0.15) is 0 Å². The van der Waals surface area contributed by atoms with Gasteiger partial charge >= 0.3 is 5.97 Å². The maximum Gasteiger partial charge on any atom is 0.310 e. The number of nitrogens with one attached hydrogen (secondary N) is 1. The lowest BCUT2D eigenvalue weighted by Crippen LogP contribution is -2.48. The lowest BCUT2D eigenvalue weighted by Gasteiger charge is -2.30. The van der Waals surface area contributed by atoms with E-state index in [1.54, 1.807) is 6.92 Å². The van der Waals surface area contributed by atoms with Crippen LogP contribution in [0.5, 0.6) is 0 Å². The smallest absolute Gasteiger partial charge is 0.310 e. The largest absolute Gasteiger partial charge is 0.469 e. The van der Waals surface area contributed by atoms with Crippen molar-refractivity contribution in [1.29, 1.82) is 0 Å². The van der Waals surface area contributed by atoms with Crippen molar-refractivity contribution in [2.75, 3.05) is 13.7 Å². The van der Waals surface area contributed by atoms with Gasteiger partial charge in [0.2, 0.25) is 10.0 Å². The van der Waals surface area contributed by atoms with E-state index in [1.807, 2.05) is 0 Å². The molecule has 18 heavy (non-hydrogen) atoms. The Bertz CT molecular complexity index is 383. The zero-order chi connectivity index (χ0) is 13.8. The summed E-state index contributed by atoms with van der Waals surface area (Å²) in [5.74, 6) is -1.00. The van der Waals surface area contributed by atoms with Crippen molar-refractivity contribution in [3.63, 3.8) is 0 Å². The Kier molecular flexibility index (Phi) is 5.55. The van der Waals surface area contributed by atoms with Crippen LogP contribution < -0.4 is 10.5 Å². The number of methoxy groups -OCH3 is 1. The molecule has 6 nitrogen and oxygen atoms in total. The predicted octanol–water partition coefficient (Wildman–Crippen LogP) is -0.0152. The van der Waals surface area contributed by atoms with E-state index in [2.05, 4.69) is 4.72 Å². The maximum absolute atomic E-state index is 12.2. The Labute approximate surface area is 108 Å². The van der Waals surface area contributed by atoms with Crippen LogP contribution in [0.1, 0.15) is 32.6 Å². The summed E-state index contributed by atoms with van der Waals surface area (Å²) >= 11 is 0. The molecule has 0 aromatic heterocycles. The highest BCUT2D eigenvalue weighted by Crippen LogP contribution is 2.30. The average Bonchev–Trinajstić information content (AvgIpc) is 2.37. The summed E-state index contributed by atoms with van der Waals surface area (Å²) in [6, 6.07) is -0.324. The summed E-state index contributed by atoms with van der Waals surface area (Å²) in [4.78, 5) is 11.6. The first-order valence-corrected chi connectivity index (χ1v) is 7.76. The van der Waals surface area contributed by atoms with Gasteiger partial charge in [-0.1, -0.05) is 12.8 Å². The van der Waals surface area contributed by atoms with Crippen molar-refractivity contribution in [1.82, 2.24) is 4.72 Å².